The SMILES string of the molecule is CCOC(=O)C(CC)(CC(C)O)C(=O)O. The zero-order valence-corrected chi connectivity index (χ0v) is 9.32. The van der Waals surface area contributed by atoms with E-state index in [0.717, 1.165) is 0 Å². The number of carbonyl (C=O) groups excluding carboxylic acids is 1. The number of rotatable bonds is 6. The van der Waals surface area contributed by atoms with Gasteiger partial charge in [-0.1, -0.05) is 6.92 Å². The van der Waals surface area contributed by atoms with Crippen LogP contribution in [0.4, 0.5) is 0 Å². The first-order valence-corrected chi connectivity index (χ1v) is 4.99. The van der Waals surface area contributed by atoms with Gasteiger partial charge in [-0.2, -0.15) is 0 Å². The summed E-state index contributed by atoms with van der Waals surface area (Å²) in [6.45, 7) is 4.79. The largest absolute Gasteiger partial charge is 0.480 e. The summed E-state index contributed by atoms with van der Waals surface area (Å²) in [6, 6.07) is 0. The topological polar surface area (TPSA) is 83.8 Å². The molecule has 0 aromatic heterocycles. The first-order chi connectivity index (χ1) is 6.90. The number of carbonyl (C=O) groups is 2. The van der Waals surface area contributed by atoms with Crippen LogP contribution in [0.1, 0.15) is 33.6 Å². The molecular weight excluding hydrogens is 200 g/mol. The van der Waals surface area contributed by atoms with Crippen LogP contribution in [0.15, 0.2) is 0 Å². The summed E-state index contributed by atoms with van der Waals surface area (Å²) in [5.41, 5.74) is -1.62. The third-order valence-corrected chi connectivity index (χ3v) is 2.32. The Hall–Kier alpha value is -1.10. The van der Waals surface area contributed by atoms with Crippen molar-refractivity contribution >= 4 is 11.9 Å². The molecule has 5 heteroatoms. The minimum atomic E-state index is -1.62. The van der Waals surface area contributed by atoms with Crippen molar-refractivity contribution in [1.82, 2.24) is 0 Å². The van der Waals surface area contributed by atoms with Crippen molar-refractivity contribution in [3.05, 3.63) is 0 Å². The maximum absolute atomic E-state index is 11.6. The van der Waals surface area contributed by atoms with E-state index < -0.39 is 23.5 Å². The molecular formula is C10H18O5. The molecule has 0 aliphatic heterocycles. The van der Waals surface area contributed by atoms with E-state index in [-0.39, 0.29) is 19.4 Å². The van der Waals surface area contributed by atoms with E-state index in [0.29, 0.717) is 0 Å². The van der Waals surface area contributed by atoms with Crippen molar-refractivity contribution < 1.29 is 24.5 Å². The van der Waals surface area contributed by atoms with E-state index in [4.69, 9.17) is 9.84 Å². The van der Waals surface area contributed by atoms with Crippen LogP contribution in [0.5, 0.6) is 0 Å². The van der Waals surface area contributed by atoms with Crippen LogP contribution in [0, 0.1) is 5.41 Å². The summed E-state index contributed by atoms with van der Waals surface area (Å²) in [4.78, 5) is 22.7. The van der Waals surface area contributed by atoms with Gasteiger partial charge < -0.3 is 14.9 Å². The van der Waals surface area contributed by atoms with Crippen molar-refractivity contribution in [3.63, 3.8) is 0 Å². The highest BCUT2D eigenvalue weighted by atomic mass is 16.5. The number of ether oxygens (including phenoxy) is 1. The summed E-state index contributed by atoms with van der Waals surface area (Å²) < 4.78 is 4.73. The predicted molar refractivity (Wildman–Crippen MR) is 53.3 cm³/mol. The van der Waals surface area contributed by atoms with Crippen LogP contribution in [-0.2, 0) is 14.3 Å². The lowest BCUT2D eigenvalue weighted by Crippen LogP contribution is -2.42. The predicted octanol–water partition coefficient (Wildman–Crippen LogP) is 0.801. The Morgan fingerprint density at radius 2 is 1.93 bits per heavy atom. The highest BCUT2D eigenvalue weighted by Gasteiger charge is 2.46. The average Bonchev–Trinajstić information content (AvgIpc) is 2.13. The van der Waals surface area contributed by atoms with E-state index in [1.807, 2.05) is 0 Å². The second kappa shape index (κ2) is 5.70. The Morgan fingerprint density at radius 1 is 1.40 bits per heavy atom. The van der Waals surface area contributed by atoms with Crippen molar-refractivity contribution in [3.8, 4) is 0 Å². The van der Waals surface area contributed by atoms with Gasteiger partial charge in [0, 0.05) is 0 Å². The Labute approximate surface area is 89.0 Å². The molecule has 0 aliphatic carbocycles. The molecule has 0 saturated carbocycles. The maximum Gasteiger partial charge on any atom is 0.323 e. The molecule has 2 N–H and O–H groups in total. The number of esters is 1. The minimum Gasteiger partial charge on any atom is -0.480 e. The van der Waals surface area contributed by atoms with Gasteiger partial charge in [-0.3, -0.25) is 9.59 Å². The third kappa shape index (κ3) is 3.20. The molecule has 0 spiro atoms. The molecule has 5 nitrogen and oxygen atoms in total. The standard InChI is InChI=1S/C10H18O5/c1-4-10(8(12)13,6-7(3)11)9(14)15-5-2/h7,11H,4-6H2,1-3H3,(H,12,13). The van der Waals surface area contributed by atoms with Gasteiger partial charge >= 0.3 is 11.9 Å². The highest BCUT2D eigenvalue weighted by Crippen LogP contribution is 2.30. The Morgan fingerprint density at radius 3 is 2.20 bits per heavy atom. The number of hydrogen-bond acceptors (Lipinski definition) is 4. The molecule has 0 bridgehead atoms. The molecule has 0 aromatic carbocycles. The van der Waals surface area contributed by atoms with E-state index in [1.54, 1.807) is 13.8 Å². The molecule has 0 heterocycles. The summed E-state index contributed by atoms with van der Waals surface area (Å²) in [5, 5.41) is 18.3. The van der Waals surface area contributed by atoms with Gasteiger partial charge in [-0.05, 0) is 26.7 Å². The fraction of sp³-hybridized carbons (Fsp3) is 0.800. The molecule has 0 aromatic rings. The Kier molecular flexibility index (Phi) is 5.28. The van der Waals surface area contributed by atoms with Crippen LogP contribution in [0.2, 0.25) is 0 Å². The quantitative estimate of drug-likeness (QED) is 0.509. The molecule has 0 aliphatic rings. The zero-order valence-electron chi connectivity index (χ0n) is 9.32. The molecule has 0 saturated heterocycles. The van der Waals surface area contributed by atoms with Gasteiger partial charge in [-0.25, -0.2) is 0 Å². The van der Waals surface area contributed by atoms with Crippen LogP contribution in [0.3, 0.4) is 0 Å². The molecule has 2 unspecified atom stereocenters. The lowest BCUT2D eigenvalue weighted by Gasteiger charge is -2.26. The van der Waals surface area contributed by atoms with Crippen LogP contribution < -0.4 is 0 Å². The molecule has 0 radical (unpaired) electrons. The summed E-state index contributed by atoms with van der Waals surface area (Å²) in [7, 11) is 0. The van der Waals surface area contributed by atoms with Gasteiger partial charge in [-0.15, -0.1) is 0 Å². The van der Waals surface area contributed by atoms with E-state index in [9.17, 15) is 14.7 Å². The van der Waals surface area contributed by atoms with Gasteiger partial charge in [0.2, 0.25) is 0 Å². The smallest absolute Gasteiger partial charge is 0.323 e. The molecule has 2 atom stereocenters. The lowest BCUT2D eigenvalue weighted by atomic mass is 9.80. The second-order valence-corrected chi connectivity index (χ2v) is 3.51. The fourth-order valence-electron chi connectivity index (χ4n) is 1.47. The van der Waals surface area contributed by atoms with Crippen molar-refractivity contribution in [2.75, 3.05) is 6.61 Å². The molecule has 0 rings (SSSR count). The second-order valence-electron chi connectivity index (χ2n) is 3.51. The monoisotopic (exact) mass is 218 g/mol. The first-order valence-electron chi connectivity index (χ1n) is 4.99. The zero-order chi connectivity index (χ0) is 12.1. The number of aliphatic hydroxyl groups is 1. The number of aliphatic carboxylic acids is 1. The number of hydrogen-bond donors (Lipinski definition) is 2. The highest BCUT2D eigenvalue weighted by molar-refractivity contribution is 5.99. The van der Waals surface area contributed by atoms with Crippen molar-refractivity contribution in [2.45, 2.75) is 39.7 Å². The van der Waals surface area contributed by atoms with Crippen molar-refractivity contribution in [2.24, 2.45) is 5.41 Å². The van der Waals surface area contributed by atoms with Crippen LogP contribution in [-0.4, -0.2) is 34.9 Å². The number of carboxylic acids is 1. The van der Waals surface area contributed by atoms with Crippen LogP contribution >= 0.6 is 0 Å². The third-order valence-electron chi connectivity index (χ3n) is 2.32. The molecule has 88 valence electrons. The lowest BCUT2D eigenvalue weighted by molar-refractivity contribution is -0.171. The van der Waals surface area contributed by atoms with Crippen molar-refractivity contribution in [1.29, 1.82) is 0 Å². The van der Waals surface area contributed by atoms with Gasteiger partial charge in [0.1, 0.15) is 0 Å². The van der Waals surface area contributed by atoms with E-state index in [1.165, 1.54) is 6.92 Å². The maximum atomic E-state index is 11.6. The summed E-state index contributed by atoms with van der Waals surface area (Å²) >= 11 is 0. The van der Waals surface area contributed by atoms with Gasteiger partial charge in [0.15, 0.2) is 5.41 Å². The van der Waals surface area contributed by atoms with E-state index >= 15 is 0 Å². The number of aliphatic hydroxyl groups excluding tert-OH is 1. The summed E-state index contributed by atoms with van der Waals surface area (Å²) in [5.74, 6) is -2.02. The minimum absolute atomic E-state index is 0.103. The molecule has 15 heavy (non-hydrogen) atoms. The fourth-order valence-corrected chi connectivity index (χ4v) is 1.47. The van der Waals surface area contributed by atoms with Gasteiger partial charge in [0.05, 0.1) is 12.7 Å². The normalized spacial score (nSPS) is 16.5. The average molecular weight is 218 g/mol. The van der Waals surface area contributed by atoms with Crippen LogP contribution in [0.25, 0.3) is 0 Å². The summed E-state index contributed by atoms with van der Waals surface area (Å²) in [6.07, 6.45) is -0.880. The number of carboxylic acid groups (broad SMARTS) is 1. The van der Waals surface area contributed by atoms with E-state index in [2.05, 4.69) is 0 Å². The molecule has 0 fully saturated rings. The Bertz CT molecular complexity index is 236. The van der Waals surface area contributed by atoms with Gasteiger partial charge in [0.25, 0.3) is 0 Å². The first kappa shape index (κ1) is 13.9. The molecule has 0 amide bonds. The Balaban J connectivity index is 4.96.